The number of aromatic nitrogens is 3. The van der Waals surface area contributed by atoms with E-state index in [1.807, 2.05) is 4.90 Å². The van der Waals surface area contributed by atoms with E-state index in [2.05, 4.69) is 15.0 Å². The third kappa shape index (κ3) is 2.49. The maximum Gasteiger partial charge on any atom is 0.407 e. The van der Waals surface area contributed by atoms with Gasteiger partial charge in [0.2, 0.25) is 0 Å². The highest BCUT2D eigenvalue weighted by atomic mass is 35.5. The minimum atomic E-state index is -0.969. The number of carbonyl (C=O) groups is 1. The van der Waals surface area contributed by atoms with Gasteiger partial charge in [0.05, 0.1) is 16.1 Å². The van der Waals surface area contributed by atoms with Crippen LogP contribution in [0, 0.1) is 0 Å². The van der Waals surface area contributed by atoms with Crippen molar-refractivity contribution >= 4 is 57.9 Å². The summed E-state index contributed by atoms with van der Waals surface area (Å²) in [5.74, 6) is 0.454. The first-order chi connectivity index (χ1) is 10.4. The molecular formula is C12H10Cl3N5O2. The van der Waals surface area contributed by atoms with Crippen LogP contribution in [0.1, 0.15) is 0 Å². The molecule has 1 aliphatic heterocycles. The highest BCUT2D eigenvalue weighted by Gasteiger charge is 2.34. The van der Waals surface area contributed by atoms with Crippen molar-refractivity contribution in [2.24, 2.45) is 0 Å². The molecule has 3 heterocycles. The molecule has 0 spiro atoms. The molecule has 1 aliphatic rings. The Balaban J connectivity index is 1.89. The molecule has 10 heteroatoms. The highest BCUT2D eigenvalue weighted by Crippen LogP contribution is 2.33. The van der Waals surface area contributed by atoms with Crippen LogP contribution in [0.4, 0.5) is 10.6 Å². The zero-order valence-corrected chi connectivity index (χ0v) is 13.6. The van der Waals surface area contributed by atoms with E-state index in [0.29, 0.717) is 30.1 Å². The van der Waals surface area contributed by atoms with Crippen molar-refractivity contribution < 1.29 is 9.90 Å². The maximum absolute atomic E-state index is 10.9. The predicted molar refractivity (Wildman–Crippen MR) is 84.2 cm³/mol. The molecule has 22 heavy (non-hydrogen) atoms. The van der Waals surface area contributed by atoms with Gasteiger partial charge in [-0.3, -0.25) is 0 Å². The van der Waals surface area contributed by atoms with Crippen LogP contribution in [-0.4, -0.2) is 57.2 Å². The minimum absolute atomic E-state index is 0.104. The highest BCUT2D eigenvalue weighted by molar-refractivity contribution is 6.44. The number of hydrogen-bond acceptors (Lipinski definition) is 5. The van der Waals surface area contributed by atoms with Gasteiger partial charge in [-0.15, -0.1) is 0 Å². The maximum atomic E-state index is 10.9. The largest absolute Gasteiger partial charge is 0.465 e. The van der Waals surface area contributed by atoms with Crippen LogP contribution in [0.3, 0.4) is 0 Å². The molecule has 1 amide bonds. The van der Waals surface area contributed by atoms with Gasteiger partial charge >= 0.3 is 6.09 Å². The summed E-state index contributed by atoms with van der Waals surface area (Å²) < 4.78 is 0. The van der Waals surface area contributed by atoms with Gasteiger partial charge in [-0.1, -0.05) is 34.8 Å². The summed E-state index contributed by atoms with van der Waals surface area (Å²) in [4.78, 5) is 26.6. The first-order valence-electron chi connectivity index (χ1n) is 6.26. The molecular weight excluding hydrogens is 353 g/mol. The Morgan fingerprint density at radius 2 is 2.05 bits per heavy atom. The molecule has 0 bridgehead atoms. The zero-order valence-electron chi connectivity index (χ0n) is 11.3. The predicted octanol–water partition coefficient (Wildman–Crippen LogP) is 2.78. The van der Waals surface area contributed by atoms with Crippen LogP contribution < -0.4 is 4.90 Å². The van der Waals surface area contributed by atoms with E-state index in [1.54, 1.807) is 0 Å². The van der Waals surface area contributed by atoms with Gasteiger partial charge < -0.3 is 14.9 Å². The van der Waals surface area contributed by atoms with E-state index in [4.69, 9.17) is 39.9 Å². The monoisotopic (exact) mass is 361 g/mol. The first-order valence-corrected chi connectivity index (χ1v) is 7.40. The number of rotatable bonds is 2. The third-order valence-electron chi connectivity index (χ3n) is 3.55. The number of halogens is 3. The Morgan fingerprint density at radius 3 is 2.68 bits per heavy atom. The number of pyridine rings is 1. The number of likely N-dealkylation sites (N-methyl/N-ethyl adjacent to an activating group) is 1. The normalized spacial score (nSPS) is 15.0. The van der Waals surface area contributed by atoms with Gasteiger partial charge in [-0.05, 0) is 0 Å². The fraction of sp³-hybridized carbons (Fsp3) is 0.333. The summed E-state index contributed by atoms with van der Waals surface area (Å²) in [7, 11) is 1.53. The summed E-state index contributed by atoms with van der Waals surface area (Å²) in [6.07, 6.45) is 0.429. The molecule has 116 valence electrons. The van der Waals surface area contributed by atoms with Crippen LogP contribution in [0.2, 0.25) is 15.2 Å². The van der Waals surface area contributed by atoms with Crippen molar-refractivity contribution in [3.63, 3.8) is 0 Å². The number of fused-ring (bicyclic) bond motifs is 1. The van der Waals surface area contributed by atoms with Gasteiger partial charge in [0.1, 0.15) is 5.52 Å². The van der Waals surface area contributed by atoms with Crippen molar-refractivity contribution in [3.05, 3.63) is 21.4 Å². The van der Waals surface area contributed by atoms with Gasteiger partial charge in [-0.25, -0.2) is 19.7 Å². The van der Waals surface area contributed by atoms with Gasteiger partial charge in [0, 0.05) is 26.3 Å². The van der Waals surface area contributed by atoms with Crippen LogP contribution >= 0.6 is 34.8 Å². The van der Waals surface area contributed by atoms with E-state index in [1.165, 1.54) is 18.1 Å². The fourth-order valence-corrected chi connectivity index (χ4v) is 2.71. The average Bonchev–Trinajstić information content (AvgIpc) is 2.42. The van der Waals surface area contributed by atoms with Crippen molar-refractivity contribution in [2.45, 2.75) is 6.04 Å². The molecule has 7 nitrogen and oxygen atoms in total. The molecule has 1 saturated heterocycles. The summed E-state index contributed by atoms with van der Waals surface area (Å²) in [5.41, 5.74) is 0.673. The Morgan fingerprint density at radius 1 is 1.36 bits per heavy atom. The number of carboxylic acid groups (broad SMARTS) is 1. The second-order valence-corrected chi connectivity index (χ2v) is 6.03. The molecule has 0 aromatic carbocycles. The molecule has 2 aromatic rings. The lowest BCUT2D eigenvalue weighted by atomic mass is 10.1. The number of nitrogens with zero attached hydrogens (tertiary/aromatic N) is 5. The lowest BCUT2D eigenvalue weighted by Crippen LogP contribution is -2.60. The molecule has 0 aliphatic carbocycles. The van der Waals surface area contributed by atoms with Crippen LogP contribution in [0.5, 0.6) is 0 Å². The minimum Gasteiger partial charge on any atom is -0.465 e. The Hall–Kier alpha value is -1.57. The third-order valence-corrected chi connectivity index (χ3v) is 4.57. The van der Waals surface area contributed by atoms with Gasteiger partial charge in [0.15, 0.2) is 16.6 Å². The quantitative estimate of drug-likeness (QED) is 0.884. The molecule has 2 aromatic heterocycles. The lowest BCUT2D eigenvalue weighted by Gasteiger charge is -2.43. The smallest absolute Gasteiger partial charge is 0.407 e. The SMILES string of the molecule is CN(C(=O)O)C1CN(c2nc3ncc(Cl)c(Cl)c3nc2Cl)C1. The van der Waals surface area contributed by atoms with Gasteiger partial charge in [-0.2, -0.15) is 0 Å². The van der Waals surface area contributed by atoms with Crippen molar-refractivity contribution in [2.75, 3.05) is 25.0 Å². The summed E-state index contributed by atoms with van der Waals surface area (Å²) in [6.45, 7) is 0.980. The standard InChI is InChI=1S/C12H10Cl3N5O2/c1-19(12(21)22)5-3-20(4-5)11-9(15)17-8-7(14)6(13)2-16-10(8)18-11/h2,5H,3-4H2,1H3,(H,21,22). The topological polar surface area (TPSA) is 82.5 Å². The second kappa shape index (κ2) is 5.57. The summed E-state index contributed by atoms with van der Waals surface area (Å²) in [6, 6.07) is -0.104. The van der Waals surface area contributed by atoms with E-state index in [-0.39, 0.29) is 21.2 Å². The van der Waals surface area contributed by atoms with Crippen LogP contribution in [-0.2, 0) is 0 Å². The van der Waals surface area contributed by atoms with Crippen LogP contribution in [0.15, 0.2) is 6.20 Å². The lowest BCUT2D eigenvalue weighted by molar-refractivity contribution is 0.130. The van der Waals surface area contributed by atoms with E-state index < -0.39 is 6.09 Å². The van der Waals surface area contributed by atoms with Crippen molar-refractivity contribution in [1.29, 1.82) is 0 Å². The molecule has 0 unspecified atom stereocenters. The summed E-state index contributed by atoms with van der Waals surface area (Å²) >= 11 is 18.1. The second-order valence-electron chi connectivity index (χ2n) is 4.88. The Kier molecular flexibility index (Phi) is 3.88. The average molecular weight is 363 g/mol. The molecule has 0 atom stereocenters. The molecule has 1 fully saturated rings. The Labute approximate surface area is 140 Å². The van der Waals surface area contributed by atoms with Crippen molar-refractivity contribution in [3.8, 4) is 0 Å². The number of hydrogen-bond donors (Lipinski definition) is 1. The zero-order chi connectivity index (χ0) is 16.0. The fourth-order valence-electron chi connectivity index (χ4n) is 2.15. The molecule has 3 rings (SSSR count). The van der Waals surface area contributed by atoms with Crippen LogP contribution in [0.25, 0.3) is 11.2 Å². The molecule has 1 N–H and O–H groups in total. The van der Waals surface area contributed by atoms with E-state index in [0.717, 1.165) is 0 Å². The summed E-state index contributed by atoms with van der Waals surface area (Å²) in [5, 5.41) is 9.65. The number of amides is 1. The first kappa shape index (κ1) is 15.3. The Bertz CT molecular complexity index is 766. The van der Waals surface area contributed by atoms with Crippen molar-refractivity contribution in [1.82, 2.24) is 19.9 Å². The van der Waals surface area contributed by atoms with Gasteiger partial charge in [0.25, 0.3) is 0 Å². The van der Waals surface area contributed by atoms with E-state index in [9.17, 15) is 4.79 Å². The molecule has 0 radical (unpaired) electrons. The van der Waals surface area contributed by atoms with E-state index >= 15 is 0 Å². The number of anilines is 1. The molecule has 0 saturated carbocycles.